The van der Waals surface area contributed by atoms with E-state index in [-0.39, 0.29) is 5.78 Å². The van der Waals surface area contributed by atoms with Crippen molar-refractivity contribution in [2.24, 2.45) is 0 Å². The fourth-order valence-electron chi connectivity index (χ4n) is 2.69. The maximum atomic E-state index is 11.7. The molecular formula is C18H19NO3. The molecule has 0 saturated heterocycles. The summed E-state index contributed by atoms with van der Waals surface area (Å²) in [4.78, 5) is 13.9. The van der Waals surface area contributed by atoms with Crippen molar-refractivity contribution >= 4 is 11.5 Å². The Morgan fingerprint density at radius 1 is 1.27 bits per heavy atom. The summed E-state index contributed by atoms with van der Waals surface area (Å²) >= 11 is 0. The molecule has 0 saturated carbocycles. The number of Topliss-reactive ketones (excluding diaryl/α,β-unsaturated/α-hetero) is 1. The number of fused-ring (bicyclic) bond motifs is 1. The van der Waals surface area contributed by atoms with Crippen LogP contribution in [-0.2, 0) is 6.54 Å². The lowest BCUT2D eigenvalue weighted by Gasteiger charge is -2.32. The largest absolute Gasteiger partial charge is 0.490 e. The van der Waals surface area contributed by atoms with E-state index in [1.54, 1.807) is 6.07 Å². The molecule has 0 atom stereocenters. The Labute approximate surface area is 130 Å². The van der Waals surface area contributed by atoms with Crippen LogP contribution in [0.25, 0.3) is 0 Å². The fraction of sp³-hybridized carbons (Fsp3) is 0.278. The molecule has 0 aromatic heterocycles. The maximum absolute atomic E-state index is 11.7. The molecule has 1 aliphatic heterocycles. The Morgan fingerprint density at radius 2 is 2.09 bits per heavy atom. The maximum Gasteiger partial charge on any atom is 0.188 e. The van der Waals surface area contributed by atoms with Crippen molar-refractivity contribution < 1.29 is 14.6 Å². The van der Waals surface area contributed by atoms with Crippen molar-refractivity contribution in [3.63, 3.8) is 0 Å². The summed E-state index contributed by atoms with van der Waals surface area (Å²) in [6.07, 6.45) is 0. The summed E-state index contributed by atoms with van der Waals surface area (Å²) in [6.45, 7) is 3.81. The normalized spacial score (nSPS) is 13.5. The monoisotopic (exact) mass is 297 g/mol. The quantitative estimate of drug-likeness (QED) is 0.881. The Morgan fingerprint density at radius 3 is 2.86 bits per heavy atom. The Hall–Kier alpha value is -2.33. The lowest BCUT2D eigenvalue weighted by molar-refractivity contribution is 0.0903. The van der Waals surface area contributed by atoms with Crippen LogP contribution in [0.4, 0.5) is 5.69 Å². The van der Waals surface area contributed by atoms with Crippen LogP contribution >= 0.6 is 0 Å². The van der Waals surface area contributed by atoms with E-state index >= 15 is 0 Å². The summed E-state index contributed by atoms with van der Waals surface area (Å²) in [5.74, 6) is 0.513. The minimum Gasteiger partial charge on any atom is -0.490 e. The second-order valence-electron chi connectivity index (χ2n) is 5.46. The number of aliphatic hydroxyl groups is 1. The molecule has 0 unspecified atom stereocenters. The zero-order valence-electron chi connectivity index (χ0n) is 12.6. The third kappa shape index (κ3) is 2.83. The second kappa shape index (κ2) is 6.20. The predicted octanol–water partition coefficient (Wildman–Crippen LogP) is 2.57. The van der Waals surface area contributed by atoms with Gasteiger partial charge in [-0.15, -0.1) is 0 Å². The molecule has 0 spiro atoms. The molecule has 2 aromatic carbocycles. The molecule has 0 bridgehead atoms. The average Bonchev–Trinajstić information content (AvgIpc) is 2.56. The van der Waals surface area contributed by atoms with E-state index in [1.165, 1.54) is 11.1 Å². The van der Waals surface area contributed by atoms with Crippen molar-refractivity contribution in [1.82, 2.24) is 0 Å². The average molecular weight is 297 g/mol. The molecule has 1 N–H and O–H groups in total. The summed E-state index contributed by atoms with van der Waals surface area (Å²) in [7, 11) is 0. The first-order valence-electron chi connectivity index (χ1n) is 7.39. The number of ether oxygens (including phenoxy) is 1. The highest BCUT2D eigenvalue weighted by Gasteiger charge is 2.20. The number of aryl methyl sites for hydroxylation is 1. The number of ketones is 1. The fourth-order valence-corrected chi connectivity index (χ4v) is 2.69. The van der Waals surface area contributed by atoms with Crippen LogP contribution < -0.4 is 9.64 Å². The molecule has 0 fully saturated rings. The van der Waals surface area contributed by atoms with Gasteiger partial charge in [0.1, 0.15) is 19.0 Å². The van der Waals surface area contributed by atoms with Crippen LogP contribution in [0.2, 0.25) is 0 Å². The zero-order chi connectivity index (χ0) is 15.5. The van der Waals surface area contributed by atoms with Crippen molar-refractivity contribution in [3.8, 4) is 5.75 Å². The lowest BCUT2D eigenvalue weighted by Crippen LogP contribution is -2.32. The van der Waals surface area contributed by atoms with Crippen molar-refractivity contribution in [1.29, 1.82) is 0 Å². The highest BCUT2D eigenvalue weighted by atomic mass is 16.5. The topological polar surface area (TPSA) is 49.8 Å². The van der Waals surface area contributed by atoms with Gasteiger partial charge in [-0.3, -0.25) is 4.79 Å². The van der Waals surface area contributed by atoms with Crippen LogP contribution in [0.15, 0.2) is 42.5 Å². The zero-order valence-corrected chi connectivity index (χ0v) is 12.6. The van der Waals surface area contributed by atoms with Gasteiger partial charge < -0.3 is 14.7 Å². The van der Waals surface area contributed by atoms with Crippen LogP contribution in [0.1, 0.15) is 21.5 Å². The Kier molecular flexibility index (Phi) is 4.11. The number of anilines is 1. The molecule has 22 heavy (non-hydrogen) atoms. The minimum atomic E-state index is -0.475. The third-order valence-electron chi connectivity index (χ3n) is 4.01. The SMILES string of the molecule is Cc1ccccc1CN1CCOc2ccc(C(=O)CO)cc21. The van der Waals surface area contributed by atoms with Crippen LogP contribution in [0, 0.1) is 6.92 Å². The molecule has 0 amide bonds. The highest BCUT2D eigenvalue weighted by molar-refractivity contribution is 5.98. The van der Waals surface area contributed by atoms with Gasteiger partial charge in [-0.25, -0.2) is 0 Å². The van der Waals surface area contributed by atoms with Crippen molar-refractivity contribution in [2.45, 2.75) is 13.5 Å². The van der Waals surface area contributed by atoms with Gasteiger partial charge in [-0.1, -0.05) is 24.3 Å². The molecule has 4 heteroatoms. The molecule has 0 radical (unpaired) electrons. The van der Waals surface area contributed by atoms with E-state index in [0.29, 0.717) is 12.2 Å². The first-order valence-corrected chi connectivity index (χ1v) is 7.39. The number of benzene rings is 2. The number of nitrogens with zero attached hydrogens (tertiary/aromatic N) is 1. The van der Waals surface area contributed by atoms with Gasteiger partial charge in [0.05, 0.1) is 12.2 Å². The molecule has 114 valence electrons. The van der Waals surface area contributed by atoms with Crippen LogP contribution in [-0.4, -0.2) is 30.6 Å². The van der Waals surface area contributed by atoms with Crippen LogP contribution in [0.3, 0.4) is 0 Å². The highest BCUT2D eigenvalue weighted by Crippen LogP contribution is 2.33. The number of hydrogen-bond donors (Lipinski definition) is 1. The van der Waals surface area contributed by atoms with E-state index in [9.17, 15) is 4.79 Å². The molecule has 4 nitrogen and oxygen atoms in total. The smallest absolute Gasteiger partial charge is 0.188 e. The number of carbonyl (C=O) groups is 1. The standard InChI is InChI=1S/C18H19NO3/c1-13-4-2-3-5-15(13)11-19-8-9-22-18-7-6-14(10-16(18)19)17(21)12-20/h2-7,10,20H,8-9,11-12H2,1H3. The molecule has 3 rings (SSSR count). The van der Waals surface area contributed by atoms with Gasteiger partial charge in [0.15, 0.2) is 5.78 Å². The first kappa shape index (κ1) is 14.6. The number of hydrogen-bond acceptors (Lipinski definition) is 4. The summed E-state index contributed by atoms with van der Waals surface area (Å²) < 4.78 is 5.67. The molecule has 1 heterocycles. The third-order valence-corrected chi connectivity index (χ3v) is 4.01. The van der Waals surface area contributed by atoms with Gasteiger partial charge in [-0.2, -0.15) is 0 Å². The van der Waals surface area contributed by atoms with E-state index in [1.807, 2.05) is 24.3 Å². The lowest BCUT2D eigenvalue weighted by atomic mass is 10.1. The van der Waals surface area contributed by atoms with Gasteiger partial charge >= 0.3 is 0 Å². The second-order valence-corrected chi connectivity index (χ2v) is 5.46. The molecular weight excluding hydrogens is 278 g/mol. The minimum absolute atomic E-state index is 0.274. The van der Waals surface area contributed by atoms with Gasteiger partial charge in [0, 0.05) is 12.1 Å². The van der Waals surface area contributed by atoms with E-state index in [0.717, 1.165) is 24.5 Å². The van der Waals surface area contributed by atoms with Gasteiger partial charge in [-0.05, 0) is 36.2 Å². The molecule has 1 aliphatic rings. The number of rotatable bonds is 4. The van der Waals surface area contributed by atoms with Crippen molar-refractivity contribution in [2.75, 3.05) is 24.7 Å². The number of aliphatic hydroxyl groups excluding tert-OH is 1. The Bertz CT molecular complexity index is 696. The predicted molar refractivity (Wildman–Crippen MR) is 85.6 cm³/mol. The summed E-state index contributed by atoms with van der Waals surface area (Å²) in [5.41, 5.74) is 3.93. The summed E-state index contributed by atoms with van der Waals surface area (Å²) in [6, 6.07) is 13.6. The number of carbonyl (C=O) groups excluding carboxylic acids is 1. The van der Waals surface area contributed by atoms with Crippen molar-refractivity contribution in [3.05, 3.63) is 59.2 Å². The van der Waals surface area contributed by atoms with E-state index in [2.05, 4.69) is 24.0 Å². The van der Waals surface area contributed by atoms with Crippen LogP contribution in [0.5, 0.6) is 5.75 Å². The molecule has 2 aromatic rings. The Balaban J connectivity index is 1.93. The first-order chi connectivity index (χ1) is 10.7. The molecule has 0 aliphatic carbocycles. The van der Waals surface area contributed by atoms with E-state index in [4.69, 9.17) is 9.84 Å². The summed E-state index contributed by atoms with van der Waals surface area (Å²) in [5, 5.41) is 9.04. The van der Waals surface area contributed by atoms with Gasteiger partial charge in [0.25, 0.3) is 0 Å². The van der Waals surface area contributed by atoms with E-state index < -0.39 is 6.61 Å². The van der Waals surface area contributed by atoms with Gasteiger partial charge in [0.2, 0.25) is 0 Å².